The maximum absolute atomic E-state index is 11.2. The minimum absolute atomic E-state index is 0.000374. The molecular formula is C17H18N2O3. The van der Waals surface area contributed by atoms with E-state index >= 15 is 0 Å². The van der Waals surface area contributed by atoms with Gasteiger partial charge in [-0.2, -0.15) is 0 Å². The smallest absolute Gasteiger partial charge is 0.220 e. The monoisotopic (exact) mass is 298 g/mol. The van der Waals surface area contributed by atoms with E-state index in [9.17, 15) is 9.59 Å². The highest BCUT2D eigenvalue weighted by atomic mass is 16.3. The molecule has 1 aliphatic heterocycles. The molecule has 3 rings (SSSR count). The summed E-state index contributed by atoms with van der Waals surface area (Å²) in [4.78, 5) is 24.1. The number of nitrogens with two attached hydrogens (primary N) is 1. The van der Waals surface area contributed by atoms with Crippen molar-refractivity contribution in [1.29, 1.82) is 0 Å². The Hall–Kier alpha value is -2.56. The molecule has 1 amide bonds. The minimum atomic E-state index is -0.196. The summed E-state index contributed by atoms with van der Waals surface area (Å²) in [6.45, 7) is 1.67. The summed E-state index contributed by atoms with van der Waals surface area (Å²) in [5, 5.41) is 0. The van der Waals surface area contributed by atoms with Gasteiger partial charge in [-0.1, -0.05) is 0 Å². The van der Waals surface area contributed by atoms with Gasteiger partial charge >= 0.3 is 0 Å². The fourth-order valence-corrected chi connectivity index (χ4v) is 2.83. The average Bonchev–Trinajstić information content (AvgIpc) is 3.04. The molecule has 5 heteroatoms. The van der Waals surface area contributed by atoms with Crippen LogP contribution in [0.15, 0.2) is 40.8 Å². The number of carbonyl (C=O) groups excluding carboxylic acids is 2. The lowest BCUT2D eigenvalue weighted by Gasteiger charge is -2.32. The molecule has 1 aromatic carbocycles. The number of aldehydes is 1. The Morgan fingerprint density at radius 2 is 1.82 bits per heavy atom. The number of amides is 1. The maximum atomic E-state index is 11.2. The van der Waals surface area contributed by atoms with E-state index in [1.54, 1.807) is 12.1 Å². The van der Waals surface area contributed by atoms with Gasteiger partial charge in [0, 0.05) is 30.3 Å². The molecule has 0 radical (unpaired) electrons. The Morgan fingerprint density at radius 1 is 1.14 bits per heavy atom. The van der Waals surface area contributed by atoms with Crippen molar-refractivity contribution in [1.82, 2.24) is 0 Å². The van der Waals surface area contributed by atoms with Gasteiger partial charge in [0.1, 0.15) is 5.76 Å². The van der Waals surface area contributed by atoms with Crippen molar-refractivity contribution in [3.63, 3.8) is 0 Å². The van der Waals surface area contributed by atoms with Crippen molar-refractivity contribution in [2.45, 2.75) is 12.8 Å². The molecule has 1 aromatic heterocycles. The van der Waals surface area contributed by atoms with Gasteiger partial charge in [-0.05, 0) is 49.2 Å². The van der Waals surface area contributed by atoms with Crippen molar-refractivity contribution in [2.75, 3.05) is 18.0 Å². The SMILES string of the molecule is NC(=O)C1CCN(c2ccc(-c3ccc(C=O)o3)cc2)CC1. The van der Waals surface area contributed by atoms with Crippen LogP contribution in [0, 0.1) is 5.92 Å². The fourth-order valence-electron chi connectivity index (χ4n) is 2.83. The highest BCUT2D eigenvalue weighted by molar-refractivity contribution is 5.77. The van der Waals surface area contributed by atoms with Gasteiger partial charge in [0.05, 0.1) is 0 Å². The standard InChI is InChI=1S/C17H18N2O3/c18-17(21)13-7-9-19(10-8-13)14-3-1-12(2-4-14)16-6-5-15(11-20)22-16/h1-6,11,13H,7-10H2,(H2,18,21). The van der Waals surface area contributed by atoms with Crippen molar-refractivity contribution in [3.8, 4) is 11.3 Å². The van der Waals surface area contributed by atoms with Gasteiger partial charge < -0.3 is 15.1 Å². The minimum Gasteiger partial charge on any atom is -0.453 e. The van der Waals surface area contributed by atoms with E-state index < -0.39 is 0 Å². The Balaban J connectivity index is 1.69. The largest absolute Gasteiger partial charge is 0.453 e. The first-order valence-electron chi connectivity index (χ1n) is 7.37. The van der Waals surface area contributed by atoms with Gasteiger partial charge in [-0.25, -0.2) is 0 Å². The van der Waals surface area contributed by atoms with Crippen LogP contribution in [0.3, 0.4) is 0 Å². The summed E-state index contributed by atoms with van der Waals surface area (Å²) in [6.07, 6.45) is 2.30. The van der Waals surface area contributed by atoms with Crippen molar-refractivity contribution >= 4 is 17.9 Å². The molecular weight excluding hydrogens is 280 g/mol. The first-order chi connectivity index (χ1) is 10.7. The summed E-state index contributed by atoms with van der Waals surface area (Å²) >= 11 is 0. The lowest BCUT2D eigenvalue weighted by atomic mass is 9.96. The molecule has 0 spiro atoms. The van der Waals surface area contributed by atoms with Crippen LogP contribution in [0.25, 0.3) is 11.3 Å². The Bertz CT molecular complexity index is 667. The topological polar surface area (TPSA) is 76.5 Å². The molecule has 0 unspecified atom stereocenters. The summed E-state index contributed by atoms with van der Waals surface area (Å²) in [5.41, 5.74) is 7.41. The Labute approximate surface area is 128 Å². The molecule has 2 heterocycles. The zero-order chi connectivity index (χ0) is 15.5. The lowest BCUT2D eigenvalue weighted by Crippen LogP contribution is -2.38. The molecule has 1 fully saturated rings. The molecule has 0 saturated carbocycles. The number of furan rings is 1. The second kappa shape index (κ2) is 6.05. The predicted octanol–water partition coefficient (Wildman–Crippen LogP) is 2.46. The average molecular weight is 298 g/mol. The van der Waals surface area contributed by atoms with E-state index in [0.29, 0.717) is 17.8 Å². The molecule has 1 saturated heterocycles. The number of rotatable bonds is 4. The van der Waals surface area contributed by atoms with Crippen LogP contribution in [-0.2, 0) is 4.79 Å². The molecule has 2 N–H and O–H groups in total. The third-order valence-corrected chi connectivity index (χ3v) is 4.16. The third-order valence-electron chi connectivity index (χ3n) is 4.16. The van der Waals surface area contributed by atoms with E-state index in [-0.39, 0.29) is 11.8 Å². The van der Waals surface area contributed by atoms with E-state index in [1.807, 2.05) is 24.3 Å². The van der Waals surface area contributed by atoms with E-state index in [0.717, 1.165) is 37.2 Å². The molecule has 2 aromatic rings. The third kappa shape index (κ3) is 2.88. The molecule has 1 aliphatic rings. The summed E-state index contributed by atoms with van der Waals surface area (Å²) in [6, 6.07) is 11.5. The summed E-state index contributed by atoms with van der Waals surface area (Å²) in [7, 11) is 0. The number of benzene rings is 1. The summed E-state index contributed by atoms with van der Waals surface area (Å²) < 4.78 is 5.41. The number of nitrogens with zero attached hydrogens (tertiary/aromatic N) is 1. The lowest BCUT2D eigenvalue weighted by molar-refractivity contribution is -0.122. The van der Waals surface area contributed by atoms with Crippen LogP contribution in [0.2, 0.25) is 0 Å². The normalized spacial score (nSPS) is 15.7. The van der Waals surface area contributed by atoms with Gasteiger partial charge in [0.25, 0.3) is 0 Å². The van der Waals surface area contributed by atoms with Crippen molar-refractivity contribution in [2.24, 2.45) is 11.7 Å². The van der Waals surface area contributed by atoms with Gasteiger partial charge in [-0.3, -0.25) is 9.59 Å². The van der Waals surface area contributed by atoms with E-state index in [2.05, 4.69) is 4.90 Å². The molecule has 114 valence electrons. The summed E-state index contributed by atoms with van der Waals surface area (Å²) in [5.74, 6) is 0.813. The number of primary amides is 1. The second-order valence-electron chi connectivity index (χ2n) is 5.53. The van der Waals surface area contributed by atoms with Gasteiger partial charge in [0.2, 0.25) is 5.91 Å². The Kier molecular flexibility index (Phi) is 3.96. The van der Waals surface area contributed by atoms with Crippen LogP contribution in [0.4, 0.5) is 5.69 Å². The predicted molar refractivity (Wildman–Crippen MR) is 83.7 cm³/mol. The highest BCUT2D eigenvalue weighted by Crippen LogP contribution is 2.27. The quantitative estimate of drug-likeness (QED) is 0.880. The maximum Gasteiger partial charge on any atom is 0.220 e. The van der Waals surface area contributed by atoms with Crippen LogP contribution in [0.1, 0.15) is 23.4 Å². The molecule has 22 heavy (non-hydrogen) atoms. The fraction of sp³-hybridized carbons (Fsp3) is 0.294. The van der Waals surface area contributed by atoms with E-state index in [4.69, 9.17) is 10.2 Å². The van der Waals surface area contributed by atoms with Crippen molar-refractivity contribution < 1.29 is 14.0 Å². The number of hydrogen-bond donors (Lipinski definition) is 1. The Morgan fingerprint density at radius 3 is 2.36 bits per heavy atom. The molecule has 0 atom stereocenters. The van der Waals surface area contributed by atoms with Crippen molar-refractivity contribution in [3.05, 3.63) is 42.2 Å². The molecule has 0 aliphatic carbocycles. The first kappa shape index (κ1) is 14.4. The highest BCUT2D eigenvalue weighted by Gasteiger charge is 2.23. The first-order valence-corrected chi connectivity index (χ1v) is 7.37. The van der Waals surface area contributed by atoms with Crippen LogP contribution in [0.5, 0.6) is 0 Å². The molecule has 0 bridgehead atoms. The van der Waals surface area contributed by atoms with Gasteiger partial charge in [-0.15, -0.1) is 0 Å². The van der Waals surface area contributed by atoms with Crippen LogP contribution in [-0.4, -0.2) is 25.3 Å². The number of carbonyl (C=O) groups is 2. The molecule has 5 nitrogen and oxygen atoms in total. The number of hydrogen-bond acceptors (Lipinski definition) is 4. The zero-order valence-electron chi connectivity index (χ0n) is 12.2. The van der Waals surface area contributed by atoms with E-state index in [1.165, 1.54) is 0 Å². The van der Waals surface area contributed by atoms with Crippen LogP contribution >= 0.6 is 0 Å². The van der Waals surface area contributed by atoms with Gasteiger partial charge in [0.15, 0.2) is 12.0 Å². The zero-order valence-corrected chi connectivity index (χ0v) is 12.2. The second-order valence-corrected chi connectivity index (χ2v) is 5.53. The number of piperidine rings is 1. The van der Waals surface area contributed by atoms with Crippen LogP contribution < -0.4 is 10.6 Å². The number of anilines is 1.